The molecule has 6 nitrogen and oxygen atoms in total. The third-order valence-corrected chi connectivity index (χ3v) is 4.46. The minimum absolute atomic E-state index is 0.176. The summed E-state index contributed by atoms with van der Waals surface area (Å²) in [5.74, 6) is 1.11. The van der Waals surface area contributed by atoms with Gasteiger partial charge in [0.15, 0.2) is 0 Å². The lowest BCUT2D eigenvalue weighted by molar-refractivity contribution is 0.0923. The third kappa shape index (κ3) is 2.77. The Kier molecular flexibility index (Phi) is 4.14. The number of amides is 1. The Morgan fingerprint density at radius 1 is 1.43 bits per heavy atom. The SMILES string of the molecule is CCOC(=O)N1CCC(n2c(C)nc3c2CCNC3)CC1. The molecule has 6 heteroatoms. The largest absolute Gasteiger partial charge is 0.450 e. The molecule has 1 amide bonds. The molecule has 0 unspecified atom stereocenters. The van der Waals surface area contributed by atoms with Crippen molar-refractivity contribution in [1.29, 1.82) is 0 Å². The molecule has 1 fully saturated rings. The van der Waals surface area contributed by atoms with Crippen molar-refractivity contribution in [3.05, 3.63) is 17.2 Å². The number of nitrogens with zero attached hydrogens (tertiary/aromatic N) is 3. The third-order valence-electron chi connectivity index (χ3n) is 4.46. The monoisotopic (exact) mass is 292 g/mol. The fourth-order valence-electron chi connectivity index (χ4n) is 3.47. The Morgan fingerprint density at radius 2 is 2.19 bits per heavy atom. The number of aromatic nitrogens is 2. The van der Waals surface area contributed by atoms with Crippen LogP contribution in [-0.4, -0.2) is 46.8 Å². The molecule has 0 aliphatic carbocycles. The second-order valence-corrected chi connectivity index (χ2v) is 5.77. The zero-order chi connectivity index (χ0) is 14.8. The first-order valence-electron chi connectivity index (χ1n) is 7.89. The first-order chi connectivity index (χ1) is 10.2. The highest BCUT2D eigenvalue weighted by Crippen LogP contribution is 2.28. The normalized spacial score (nSPS) is 19.4. The minimum Gasteiger partial charge on any atom is -0.450 e. The van der Waals surface area contributed by atoms with Crippen LogP contribution >= 0.6 is 0 Å². The number of carbonyl (C=O) groups excluding carboxylic acids is 1. The van der Waals surface area contributed by atoms with Gasteiger partial charge in [0, 0.05) is 44.3 Å². The summed E-state index contributed by atoms with van der Waals surface area (Å²) in [6.07, 6.45) is 2.84. The molecular formula is C15H24N4O2. The molecule has 0 saturated carbocycles. The number of carbonyl (C=O) groups is 1. The van der Waals surface area contributed by atoms with Gasteiger partial charge in [0.25, 0.3) is 0 Å². The summed E-state index contributed by atoms with van der Waals surface area (Å²) in [6, 6.07) is 0.463. The van der Waals surface area contributed by atoms with E-state index in [1.54, 1.807) is 0 Å². The smallest absolute Gasteiger partial charge is 0.409 e. The number of nitrogens with one attached hydrogen (secondary N) is 1. The van der Waals surface area contributed by atoms with Crippen LogP contribution in [-0.2, 0) is 17.7 Å². The van der Waals surface area contributed by atoms with Crippen molar-refractivity contribution in [3.63, 3.8) is 0 Å². The molecule has 3 rings (SSSR count). The number of imidazole rings is 1. The number of rotatable bonds is 2. The van der Waals surface area contributed by atoms with Gasteiger partial charge in [-0.3, -0.25) is 0 Å². The molecule has 3 heterocycles. The summed E-state index contributed by atoms with van der Waals surface area (Å²) in [7, 11) is 0. The van der Waals surface area contributed by atoms with Crippen LogP contribution in [0.5, 0.6) is 0 Å². The van der Waals surface area contributed by atoms with Crippen LogP contribution < -0.4 is 5.32 Å². The number of hydrogen-bond acceptors (Lipinski definition) is 4. The van der Waals surface area contributed by atoms with Crippen LogP contribution in [0.2, 0.25) is 0 Å². The molecule has 1 saturated heterocycles. The van der Waals surface area contributed by atoms with E-state index in [-0.39, 0.29) is 6.09 Å². The van der Waals surface area contributed by atoms with E-state index in [0.29, 0.717) is 12.6 Å². The van der Waals surface area contributed by atoms with Gasteiger partial charge in [-0.15, -0.1) is 0 Å². The van der Waals surface area contributed by atoms with E-state index < -0.39 is 0 Å². The van der Waals surface area contributed by atoms with E-state index in [2.05, 4.69) is 16.8 Å². The molecule has 2 aliphatic heterocycles. The summed E-state index contributed by atoms with van der Waals surface area (Å²) < 4.78 is 7.50. The molecular weight excluding hydrogens is 268 g/mol. The first kappa shape index (κ1) is 14.4. The van der Waals surface area contributed by atoms with Crippen LogP contribution in [0.1, 0.15) is 43.0 Å². The maximum Gasteiger partial charge on any atom is 0.409 e. The molecule has 1 aromatic heterocycles. The van der Waals surface area contributed by atoms with Crippen LogP contribution in [0.15, 0.2) is 0 Å². The lowest BCUT2D eigenvalue weighted by Crippen LogP contribution is -2.40. The molecule has 2 aliphatic rings. The Labute approximate surface area is 125 Å². The molecule has 0 aromatic carbocycles. The maximum absolute atomic E-state index is 11.8. The predicted molar refractivity (Wildman–Crippen MR) is 79.2 cm³/mol. The summed E-state index contributed by atoms with van der Waals surface area (Å²) in [5.41, 5.74) is 2.59. The lowest BCUT2D eigenvalue weighted by Gasteiger charge is -2.33. The van der Waals surface area contributed by atoms with Crippen molar-refractivity contribution < 1.29 is 9.53 Å². The molecule has 1 N–H and O–H groups in total. The second kappa shape index (κ2) is 6.05. The second-order valence-electron chi connectivity index (χ2n) is 5.77. The molecule has 1 aromatic rings. The molecule has 116 valence electrons. The Bertz CT molecular complexity index is 518. The van der Waals surface area contributed by atoms with Gasteiger partial charge in [0.2, 0.25) is 0 Å². The first-order valence-corrected chi connectivity index (χ1v) is 7.89. The molecule has 21 heavy (non-hydrogen) atoms. The average Bonchev–Trinajstić information content (AvgIpc) is 2.83. The van der Waals surface area contributed by atoms with E-state index in [9.17, 15) is 4.79 Å². The average molecular weight is 292 g/mol. The van der Waals surface area contributed by atoms with Crippen molar-refractivity contribution in [2.24, 2.45) is 0 Å². The molecule has 0 spiro atoms. The zero-order valence-corrected chi connectivity index (χ0v) is 12.9. The van der Waals surface area contributed by atoms with E-state index in [1.807, 2.05) is 11.8 Å². The van der Waals surface area contributed by atoms with Crippen LogP contribution in [0.3, 0.4) is 0 Å². The number of fused-ring (bicyclic) bond motifs is 1. The van der Waals surface area contributed by atoms with Gasteiger partial charge < -0.3 is 19.5 Å². The highest BCUT2D eigenvalue weighted by Gasteiger charge is 2.28. The van der Waals surface area contributed by atoms with E-state index in [4.69, 9.17) is 9.72 Å². The van der Waals surface area contributed by atoms with Crippen molar-refractivity contribution in [3.8, 4) is 0 Å². The van der Waals surface area contributed by atoms with E-state index >= 15 is 0 Å². The van der Waals surface area contributed by atoms with Crippen molar-refractivity contribution >= 4 is 6.09 Å². The van der Waals surface area contributed by atoms with Gasteiger partial charge >= 0.3 is 6.09 Å². The topological polar surface area (TPSA) is 59.4 Å². The standard InChI is InChI=1S/C15H24N4O2/c1-3-21-15(20)18-8-5-12(6-9-18)19-11(2)17-13-10-16-7-4-14(13)19/h12,16H,3-10H2,1-2H3. The fourth-order valence-corrected chi connectivity index (χ4v) is 3.47. The Hall–Kier alpha value is -1.56. The molecule has 0 atom stereocenters. The summed E-state index contributed by atoms with van der Waals surface area (Å²) in [4.78, 5) is 18.3. The highest BCUT2D eigenvalue weighted by molar-refractivity contribution is 5.67. The van der Waals surface area contributed by atoms with Gasteiger partial charge in [0.1, 0.15) is 5.82 Å². The number of piperidine rings is 1. The lowest BCUT2D eigenvalue weighted by atomic mass is 10.0. The van der Waals surface area contributed by atoms with Gasteiger partial charge in [-0.05, 0) is 26.7 Å². The fraction of sp³-hybridized carbons (Fsp3) is 0.733. The van der Waals surface area contributed by atoms with Gasteiger partial charge in [0.05, 0.1) is 12.3 Å². The summed E-state index contributed by atoms with van der Waals surface area (Å²) >= 11 is 0. The summed E-state index contributed by atoms with van der Waals surface area (Å²) in [6.45, 7) is 7.84. The zero-order valence-electron chi connectivity index (χ0n) is 12.9. The maximum atomic E-state index is 11.8. The van der Waals surface area contributed by atoms with Gasteiger partial charge in [-0.25, -0.2) is 9.78 Å². The van der Waals surface area contributed by atoms with Gasteiger partial charge in [-0.2, -0.15) is 0 Å². The minimum atomic E-state index is -0.176. The van der Waals surface area contributed by atoms with Crippen LogP contribution in [0.4, 0.5) is 4.79 Å². The predicted octanol–water partition coefficient (Wildman–Crippen LogP) is 1.63. The highest BCUT2D eigenvalue weighted by atomic mass is 16.6. The number of likely N-dealkylation sites (tertiary alicyclic amines) is 1. The summed E-state index contributed by atoms with van der Waals surface area (Å²) in [5, 5.41) is 3.38. The van der Waals surface area contributed by atoms with Crippen LogP contribution in [0.25, 0.3) is 0 Å². The number of ether oxygens (including phenoxy) is 1. The van der Waals surface area contributed by atoms with Crippen molar-refractivity contribution in [2.45, 2.75) is 45.7 Å². The van der Waals surface area contributed by atoms with E-state index in [0.717, 1.165) is 51.3 Å². The quantitative estimate of drug-likeness (QED) is 0.900. The Morgan fingerprint density at radius 3 is 2.90 bits per heavy atom. The Balaban J connectivity index is 1.70. The van der Waals surface area contributed by atoms with Crippen molar-refractivity contribution in [1.82, 2.24) is 19.8 Å². The van der Waals surface area contributed by atoms with Crippen LogP contribution in [0, 0.1) is 6.92 Å². The molecule has 0 bridgehead atoms. The van der Waals surface area contributed by atoms with Gasteiger partial charge in [-0.1, -0.05) is 0 Å². The van der Waals surface area contributed by atoms with Crippen molar-refractivity contribution in [2.75, 3.05) is 26.2 Å². The molecule has 0 radical (unpaired) electrons. The van der Waals surface area contributed by atoms with E-state index in [1.165, 1.54) is 11.4 Å². The number of hydrogen-bond donors (Lipinski definition) is 1. The number of aryl methyl sites for hydroxylation is 1.